The molecule has 0 amide bonds. The molecule has 2 nitrogen and oxygen atoms in total. The summed E-state index contributed by atoms with van der Waals surface area (Å²) < 4.78 is 5.14. The molecule has 0 atom stereocenters. The maximum Gasteiger partial charge on any atom is 0.0697 e. The van der Waals surface area contributed by atoms with Crippen LogP contribution in [0, 0.1) is 0 Å². The average molecular weight is 196 g/mol. The highest BCUT2D eigenvalue weighted by atomic mass is 16.5. The Bertz CT molecular complexity index is 197. The maximum atomic E-state index is 8.44. The molecule has 0 radical (unpaired) electrons. The Hall–Kier alpha value is -0.860. The second-order valence-electron chi connectivity index (χ2n) is 2.57. The van der Waals surface area contributed by atoms with Crippen LogP contribution in [0.5, 0.6) is 0 Å². The lowest BCUT2D eigenvalue weighted by Crippen LogP contribution is -2.02. The molecule has 80 valence electrons. The molecule has 0 aliphatic heterocycles. The minimum absolute atomic E-state index is 0.106. The van der Waals surface area contributed by atoms with Crippen molar-refractivity contribution in [1.29, 1.82) is 0 Å². The summed E-state index contributed by atoms with van der Waals surface area (Å²) in [6, 6.07) is 10.2. The number of hydrogen-bond acceptors (Lipinski definition) is 2. The number of aliphatic hydroxyl groups is 1. The molecule has 1 aromatic rings. The third kappa shape index (κ3) is 6.63. The van der Waals surface area contributed by atoms with E-state index in [1.165, 1.54) is 5.56 Å². The Kier molecular flexibility index (Phi) is 9.59. The SMILES string of the molecule is CC.OCCOCCc1ccccc1. The molecule has 0 fully saturated rings. The van der Waals surface area contributed by atoms with Crippen LogP contribution in [0.1, 0.15) is 19.4 Å². The molecule has 0 saturated heterocycles. The molecule has 0 spiro atoms. The molecule has 0 aromatic heterocycles. The van der Waals surface area contributed by atoms with Crippen LogP contribution in [0.2, 0.25) is 0 Å². The van der Waals surface area contributed by atoms with E-state index in [9.17, 15) is 0 Å². The van der Waals surface area contributed by atoms with Crippen LogP contribution < -0.4 is 0 Å². The first-order chi connectivity index (χ1) is 6.93. The van der Waals surface area contributed by atoms with Gasteiger partial charge in [-0.3, -0.25) is 0 Å². The second-order valence-corrected chi connectivity index (χ2v) is 2.57. The number of rotatable bonds is 5. The van der Waals surface area contributed by atoms with Gasteiger partial charge in [0.05, 0.1) is 19.8 Å². The second kappa shape index (κ2) is 10.2. The Morgan fingerprint density at radius 2 is 1.71 bits per heavy atom. The normalized spacial score (nSPS) is 9.07. The third-order valence-corrected chi connectivity index (χ3v) is 1.61. The first-order valence-electron chi connectivity index (χ1n) is 5.16. The van der Waals surface area contributed by atoms with Crippen LogP contribution in [-0.2, 0) is 11.2 Å². The summed E-state index contributed by atoms with van der Waals surface area (Å²) in [5.41, 5.74) is 1.27. The summed E-state index contributed by atoms with van der Waals surface area (Å²) in [6.45, 7) is 5.23. The van der Waals surface area contributed by atoms with E-state index in [1.807, 2.05) is 32.0 Å². The van der Waals surface area contributed by atoms with Crippen LogP contribution in [0.25, 0.3) is 0 Å². The molecule has 2 heteroatoms. The monoisotopic (exact) mass is 196 g/mol. The summed E-state index contributed by atoms with van der Waals surface area (Å²) >= 11 is 0. The van der Waals surface area contributed by atoms with Crippen LogP contribution in [0.15, 0.2) is 30.3 Å². The van der Waals surface area contributed by atoms with E-state index >= 15 is 0 Å². The standard InChI is InChI=1S/C10H14O2.C2H6/c11-7-9-12-8-6-10-4-2-1-3-5-10;1-2/h1-5,11H,6-9H2;1-2H3. The molecule has 0 heterocycles. The van der Waals surface area contributed by atoms with E-state index in [0.717, 1.165) is 6.42 Å². The average Bonchev–Trinajstić information content (AvgIpc) is 2.29. The molecule has 1 aromatic carbocycles. The molecule has 0 saturated carbocycles. The number of aliphatic hydroxyl groups excluding tert-OH is 1. The fourth-order valence-corrected chi connectivity index (χ4v) is 1.00. The van der Waals surface area contributed by atoms with Crippen LogP contribution in [0.3, 0.4) is 0 Å². The van der Waals surface area contributed by atoms with Crippen molar-refractivity contribution < 1.29 is 9.84 Å². The van der Waals surface area contributed by atoms with E-state index < -0.39 is 0 Å². The van der Waals surface area contributed by atoms with Crippen molar-refractivity contribution in [3.8, 4) is 0 Å². The zero-order valence-electron chi connectivity index (χ0n) is 9.07. The molecule has 0 unspecified atom stereocenters. The maximum absolute atomic E-state index is 8.44. The zero-order chi connectivity index (χ0) is 10.6. The van der Waals surface area contributed by atoms with Crippen molar-refractivity contribution in [3.63, 3.8) is 0 Å². The van der Waals surface area contributed by atoms with Gasteiger partial charge in [0, 0.05) is 0 Å². The summed E-state index contributed by atoms with van der Waals surface area (Å²) in [6.07, 6.45) is 0.918. The van der Waals surface area contributed by atoms with Gasteiger partial charge in [0.25, 0.3) is 0 Å². The van der Waals surface area contributed by atoms with Gasteiger partial charge >= 0.3 is 0 Å². The Balaban J connectivity index is 0.000000791. The van der Waals surface area contributed by atoms with Crippen LogP contribution >= 0.6 is 0 Å². The molecule has 0 bridgehead atoms. The Morgan fingerprint density at radius 3 is 2.29 bits per heavy atom. The van der Waals surface area contributed by atoms with Gasteiger partial charge in [0.1, 0.15) is 0 Å². The molecular weight excluding hydrogens is 176 g/mol. The molecule has 1 rings (SSSR count). The van der Waals surface area contributed by atoms with Crippen molar-refractivity contribution in [2.75, 3.05) is 19.8 Å². The van der Waals surface area contributed by atoms with Gasteiger partial charge in [-0.1, -0.05) is 44.2 Å². The minimum atomic E-state index is 0.106. The first-order valence-corrected chi connectivity index (χ1v) is 5.16. The summed E-state index contributed by atoms with van der Waals surface area (Å²) in [5.74, 6) is 0. The predicted octanol–water partition coefficient (Wildman–Crippen LogP) is 2.26. The van der Waals surface area contributed by atoms with Gasteiger partial charge in [-0.05, 0) is 12.0 Å². The summed E-state index contributed by atoms with van der Waals surface area (Å²) in [4.78, 5) is 0. The van der Waals surface area contributed by atoms with Crippen LogP contribution in [0.4, 0.5) is 0 Å². The minimum Gasteiger partial charge on any atom is -0.394 e. The predicted molar refractivity (Wildman–Crippen MR) is 59.4 cm³/mol. The van der Waals surface area contributed by atoms with E-state index in [0.29, 0.717) is 13.2 Å². The largest absolute Gasteiger partial charge is 0.394 e. The van der Waals surface area contributed by atoms with Gasteiger partial charge in [0.2, 0.25) is 0 Å². The lowest BCUT2D eigenvalue weighted by Gasteiger charge is -2.01. The fraction of sp³-hybridized carbons (Fsp3) is 0.500. The molecular formula is C12H20O2. The van der Waals surface area contributed by atoms with Gasteiger partial charge in [-0.15, -0.1) is 0 Å². The first kappa shape index (κ1) is 13.1. The summed E-state index contributed by atoms with van der Waals surface area (Å²) in [7, 11) is 0. The highest BCUT2D eigenvalue weighted by Gasteiger charge is 1.90. The Labute approximate surface area is 86.5 Å². The van der Waals surface area contributed by atoms with Gasteiger partial charge in [-0.2, -0.15) is 0 Å². The van der Waals surface area contributed by atoms with Crippen molar-refractivity contribution in [2.45, 2.75) is 20.3 Å². The van der Waals surface area contributed by atoms with Gasteiger partial charge < -0.3 is 9.84 Å². The zero-order valence-corrected chi connectivity index (χ0v) is 9.07. The van der Waals surface area contributed by atoms with E-state index in [4.69, 9.17) is 9.84 Å². The number of benzene rings is 1. The molecule has 0 aliphatic rings. The van der Waals surface area contributed by atoms with Crippen molar-refractivity contribution >= 4 is 0 Å². The molecule has 1 N–H and O–H groups in total. The van der Waals surface area contributed by atoms with Crippen molar-refractivity contribution in [1.82, 2.24) is 0 Å². The molecule has 14 heavy (non-hydrogen) atoms. The van der Waals surface area contributed by atoms with Gasteiger partial charge in [-0.25, -0.2) is 0 Å². The fourth-order valence-electron chi connectivity index (χ4n) is 1.00. The lowest BCUT2D eigenvalue weighted by atomic mass is 10.2. The van der Waals surface area contributed by atoms with Crippen LogP contribution in [-0.4, -0.2) is 24.9 Å². The van der Waals surface area contributed by atoms with E-state index in [-0.39, 0.29) is 6.61 Å². The lowest BCUT2D eigenvalue weighted by molar-refractivity contribution is 0.0944. The number of hydrogen-bond donors (Lipinski definition) is 1. The highest BCUT2D eigenvalue weighted by Crippen LogP contribution is 1.98. The number of ether oxygens (including phenoxy) is 1. The topological polar surface area (TPSA) is 29.5 Å². The third-order valence-electron chi connectivity index (χ3n) is 1.61. The van der Waals surface area contributed by atoms with Gasteiger partial charge in [0.15, 0.2) is 0 Å². The van der Waals surface area contributed by atoms with E-state index in [1.54, 1.807) is 0 Å². The highest BCUT2D eigenvalue weighted by molar-refractivity contribution is 5.14. The van der Waals surface area contributed by atoms with Crippen molar-refractivity contribution in [2.24, 2.45) is 0 Å². The van der Waals surface area contributed by atoms with E-state index in [2.05, 4.69) is 12.1 Å². The smallest absolute Gasteiger partial charge is 0.0697 e. The quantitative estimate of drug-likeness (QED) is 0.732. The molecule has 0 aliphatic carbocycles. The Morgan fingerprint density at radius 1 is 1.07 bits per heavy atom. The van der Waals surface area contributed by atoms with Crippen molar-refractivity contribution in [3.05, 3.63) is 35.9 Å². The summed E-state index contributed by atoms with van der Waals surface area (Å²) in [5, 5.41) is 8.44.